The van der Waals surface area contributed by atoms with Crippen molar-refractivity contribution in [1.82, 2.24) is 13.9 Å². The van der Waals surface area contributed by atoms with Gasteiger partial charge in [-0.1, -0.05) is 11.6 Å². The van der Waals surface area contributed by atoms with Gasteiger partial charge in [-0.25, -0.2) is 8.42 Å². The molecular weight excluding hydrogens is 491 g/mol. The summed E-state index contributed by atoms with van der Waals surface area (Å²) in [7, 11) is -3.68. The van der Waals surface area contributed by atoms with E-state index in [1.54, 1.807) is 6.07 Å². The summed E-state index contributed by atoms with van der Waals surface area (Å²) >= 11 is 6.68. The van der Waals surface area contributed by atoms with Gasteiger partial charge in [-0.15, -0.1) is 0 Å². The molecule has 0 unspecified atom stereocenters. The van der Waals surface area contributed by atoms with Crippen molar-refractivity contribution in [2.24, 2.45) is 0 Å². The molecule has 2 aromatic heterocycles. The number of sulfone groups is 1. The Bertz CT molecular complexity index is 1370. The molecule has 1 aromatic carbocycles. The van der Waals surface area contributed by atoms with Crippen molar-refractivity contribution in [3.05, 3.63) is 58.4 Å². The number of amides is 1. The molecule has 166 valence electrons. The van der Waals surface area contributed by atoms with Crippen LogP contribution >= 0.6 is 23.1 Å². The molecule has 0 saturated carbocycles. The van der Waals surface area contributed by atoms with Gasteiger partial charge in [0.25, 0.3) is 11.1 Å². The predicted molar refractivity (Wildman–Crippen MR) is 111 cm³/mol. The third kappa shape index (κ3) is 5.16. The van der Waals surface area contributed by atoms with Gasteiger partial charge in [0.1, 0.15) is 11.6 Å². The summed E-state index contributed by atoms with van der Waals surface area (Å²) in [5.41, 5.74) is -1.13. The molecule has 0 aliphatic carbocycles. The number of carbonyl (C=O) groups excluding carboxylic acids is 1. The van der Waals surface area contributed by atoms with Crippen molar-refractivity contribution in [3.8, 4) is 11.8 Å². The first-order valence-corrected chi connectivity index (χ1v) is 11.5. The lowest BCUT2D eigenvalue weighted by Crippen LogP contribution is -2.14. The largest absolute Gasteiger partial charge is 0.416 e. The molecule has 8 nitrogen and oxygen atoms in total. The monoisotopic (exact) mass is 501 g/mol. The summed E-state index contributed by atoms with van der Waals surface area (Å²) in [5.74, 6) is -0.911. The third-order valence-electron chi connectivity index (χ3n) is 3.93. The first-order valence-electron chi connectivity index (χ1n) is 8.41. The Balaban J connectivity index is 1.94. The predicted octanol–water partition coefficient (Wildman–Crippen LogP) is 3.95. The van der Waals surface area contributed by atoms with Gasteiger partial charge < -0.3 is 4.57 Å². The second kappa shape index (κ2) is 8.73. The highest BCUT2D eigenvalue weighted by Gasteiger charge is 2.31. The number of rotatable bonds is 5. The lowest BCUT2D eigenvalue weighted by Gasteiger charge is -2.13. The molecule has 0 aliphatic heterocycles. The van der Waals surface area contributed by atoms with Gasteiger partial charge in [0.2, 0.25) is 15.0 Å². The van der Waals surface area contributed by atoms with Crippen LogP contribution in [0.1, 0.15) is 11.3 Å². The van der Waals surface area contributed by atoms with Crippen molar-refractivity contribution >= 4 is 50.1 Å². The summed E-state index contributed by atoms with van der Waals surface area (Å²) < 4.78 is 67.0. The fraction of sp³-hybridized carbons (Fsp3) is 0.111. The average Bonchev–Trinajstić information content (AvgIpc) is 3.34. The summed E-state index contributed by atoms with van der Waals surface area (Å²) in [6.45, 7) is 0. The third-order valence-corrected chi connectivity index (χ3v) is 5.84. The molecule has 0 bridgehead atoms. The Morgan fingerprint density at radius 3 is 2.66 bits per heavy atom. The van der Waals surface area contributed by atoms with Crippen LogP contribution in [0, 0.1) is 11.3 Å². The number of nitriles is 1. The summed E-state index contributed by atoms with van der Waals surface area (Å²) in [6, 6.07) is 7.44. The average molecular weight is 502 g/mol. The van der Waals surface area contributed by atoms with E-state index in [9.17, 15) is 31.6 Å². The van der Waals surface area contributed by atoms with Gasteiger partial charge >= 0.3 is 6.18 Å². The van der Waals surface area contributed by atoms with Crippen LogP contribution in [0.3, 0.4) is 0 Å². The first kappa shape index (κ1) is 23.5. The zero-order valence-corrected chi connectivity index (χ0v) is 18.3. The van der Waals surface area contributed by atoms with Crippen LogP contribution in [0.4, 0.5) is 18.3 Å². The van der Waals surface area contributed by atoms with Crippen LogP contribution in [-0.4, -0.2) is 34.5 Å². The number of nitrogens with one attached hydrogen (secondary N) is 1. The molecule has 0 aliphatic rings. The highest BCUT2D eigenvalue weighted by Crippen LogP contribution is 2.33. The van der Waals surface area contributed by atoms with E-state index >= 15 is 0 Å². The summed E-state index contributed by atoms with van der Waals surface area (Å²) in [5, 5.41) is 11.0. The zero-order valence-electron chi connectivity index (χ0n) is 15.9. The molecule has 2 heterocycles. The lowest BCUT2D eigenvalue weighted by molar-refractivity contribution is -0.137. The quantitative estimate of drug-likeness (QED) is 0.418. The summed E-state index contributed by atoms with van der Waals surface area (Å²) in [6.07, 6.45) is -1.13. The number of alkyl halides is 3. The van der Waals surface area contributed by atoms with Gasteiger partial charge in [0.05, 0.1) is 16.3 Å². The van der Waals surface area contributed by atoms with Crippen LogP contribution < -0.4 is 5.32 Å². The molecule has 1 amide bonds. The van der Waals surface area contributed by atoms with Crippen molar-refractivity contribution in [2.75, 3.05) is 11.6 Å². The maximum absolute atomic E-state index is 13.1. The van der Waals surface area contributed by atoms with Crippen LogP contribution in [0.15, 0.2) is 47.3 Å². The zero-order chi connectivity index (χ0) is 23.7. The number of carbonyl (C=O) groups is 1. The molecule has 0 saturated heterocycles. The summed E-state index contributed by atoms with van der Waals surface area (Å²) in [4.78, 5) is 16.1. The van der Waals surface area contributed by atoms with Crippen LogP contribution in [0.25, 0.3) is 11.8 Å². The van der Waals surface area contributed by atoms with Gasteiger partial charge in [0.15, 0.2) is 0 Å². The van der Waals surface area contributed by atoms with Crippen molar-refractivity contribution in [2.45, 2.75) is 11.3 Å². The van der Waals surface area contributed by atoms with E-state index in [-0.39, 0.29) is 21.5 Å². The van der Waals surface area contributed by atoms with E-state index in [1.807, 2.05) is 0 Å². The van der Waals surface area contributed by atoms with Crippen molar-refractivity contribution < 1.29 is 26.4 Å². The van der Waals surface area contributed by atoms with E-state index in [2.05, 4.69) is 14.7 Å². The van der Waals surface area contributed by atoms with Crippen LogP contribution in [-0.2, 0) is 20.8 Å². The number of hydrogen-bond acceptors (Lipinski definition) is 7. The van der Waals surface area contributed by atoms with E-state index in [4.69, 9.17) is 11.6 Å². The minimum Gasteiger partial charge on any atom is -0.316 e. The van der Waals surface area contributed by atoms with Gasteiger partial charge in [-0.05, 0) is 36.4 Å². The van der Waals surface area contributed by atoms with Crippen LogP contribution in [0.5, 0.6) is 0 Å². The Kier molecular flexibility index (Phi) is 6.40. The number of anilines is 1. The minimum atomic E-state index is -4.59. The Morgan fingerprint density at radius 1 is 1.34 bits per heavy atom. The van der Waals surface area contributed by atoms with E-state index < -0.39 is 38.2 Å². The van der Waals surface area contributed by atoms with Crippen LogP contribution in [0.2, 0.25) is 5.02 Å². The maximum atomic E-state index is 13.1. The van der Waals surface area contributed by atoms with E-state index in [0.717, 1.165) is 30.5 Å². The molecule has 14 heteroatoms. The minimum absolute atomic E-state index is 0.00245. The van der Waals surface area contributed by atoms with Crippen molar-refractivity contribution in [1.29, 1.82) is 5.26 Å². The highest BCUT2D eigenvalue weighted by atomic mass is 35.5. The fourth-order valence-electron chi connectivity index (χ4n) is 2.48. The molecular formula is C18H11ClF3N5O3S2. The Labute approximate surface area is 188 Å². The molecule has 0 spiro atoms. The fourth-order valence-corrected chi connectivity index (χ4v) is 4.12. The van der Waals surface area contributed by atoms with Crippen molar-refractivity contribution in [3.63, 3.8) is 0 Å². The second-order valence-corrected chi connectivity index (χ2v) is 9.31. The molecule has 0 fully saturated rings. The molecule has 32 heavy (non-hydrogen) atoms. The highest BCUT2D eigenvalue weighted by molar-refractivity contribution is 7.90. The molecule has 0 radical (unpaired) electrons. The number of benzene rings is 1. The van der Waals surface area contributed by atoms with Gasteiger partial charge in [-0.2, -0.15) is 27.8 Å². The lowest BCUT2D eigenvalue weighted by atomic mass is 10.1. The first-order chi connectivity index (χ1) is 14.9. The smallest absolute Gasteiger partial charge is 0.316 e. The number of nitrogens with zero attached hydrogens (tertiary/aromatic N) is 4. The Hall–Kier alpha value is -3.21. The maximum Gasteiger partial charge on any atom is 0.416 e. The second-order valence-electron chi connectivity index (χ2n) is 6.25. The standard InChI is InChI=1S/C18H11ClF3N5O3S2/c1-32(29,30)17-25-16(31-26-17)24-15(28)10(9-23)7-12-3-2-6-27(12)14-8-11(18(20,21)22)4-5-13(14)19/h2-8H,1H3,(H,24,25,26,28). The molecule has 1 N–H and O–H groups in total. The topological polar surface area (TPSA) is 118 Å². The van der Waals surface area contributed by atoms with Gasteiger partial charge in [-0.3, -0.25) is 10.1 Å². The van der Waals surface area contributed by atoms with Gasteiger partial charge in [0, 0.05) is 29.7 Å². The normalized spacial score (nSPS) is 12.4. The number of halogens is 4. The SMILES string of the molecule is CS(=O)(=O)c1nsc(NC(=O)C(C#N)=Cc2cccn2-c2cc(C(F)(F)F)ccc2Cl)n1. The molecule has 3 rings (SSSR count). The molecule has 0 atom stereocenters. The number of aromatic nitrogens is 3. The molecule has 3 aromatic rings. The van der Waals surface area contributed by atoms with E-state index in [0.29, 0.717) is 11.5 Å². The Morgan fingerprint density at radius 2 is 2.06 bits per heavy atom. The number of hydrogen-bond donors (Lipinski definition) is 1. The van der Waals surface area contributed by atoms with E-state index in [1.165, 1.54) is 22.9 Å².